The number of aromatic hydroxyl groups is 1. The van der Waals surface area contributed by atoms with Crippen molar-refractivity contribution in [2.75, 3.05) is 5.43 Å². The molecular formula is C22H15ClN6O. The summed E-state index contributed by atoms with van der Waals surface area (Å²) >= 11 is 6.01. The number of phenolic OH excluding ortho intramolecular Hbond substituents is 1. The Hall–Kier alpha value is -3.97. The Morgan fingerprint density at radius 1 is 0.900 bits per heavy atom. The number of fused-ring (bicyclic) bond motifs is 3. The van der Waals surface area contributed by atoms with Crippen LogP contribution in [0.4, 0.5) is 5.82 Å². The first-order valence-corrected chi connectivity index (χ1v) is 9.55. The van der Waals surface area contributed by atoms with Gasteiger partial charge in [0.25, 0.3) is 0 Å². The first-order valence-electron chi connectivity index (χ1n) is 9.17. The van der Waals surface area contributed by atoms with Gasteiger partial charge in [0.05, 0.1) is 6.21 Å². The lowest BCUT2D eigenvalue weighted by Crippen LogP contribution is -2.02. The predicted octanol–water partition coefficient (Wildman–Crippen LogP) is 4.75. The Bertz CT molecular complexity index is 1380. The van der Waals surface area contributed by atoms with Gasteiger partial charge >= 0.3 is 0 Å². The molecule has 0 saturated heterocycles. The summed E-state index contributed by atoms with van der Waals surface area (Å²) in [5.41, 5.74) is 5.37. The summed E-state index contributed by atoms with van der Waals surface area (Å²) in [6.07, 6.45) is 1.66. The van der Waals surface area contributed by atoms with Crippen LogP contribution in [0.3, 0.4) is 0 Å². The van der Waals surface area contributed by atoms with Gasteiger partial charge < -0.3 is 5.11 Å². The van der Waals surface area contributed by atoms with E-state index < -0.39 is 0 Å². The summed E-state index contributed by atoms with van der Waals surface area (Å²) in [6, 6.07) is 21.9. The van der Waals surface area contributed by atoms with Crippen molar-refractivity contribution in [3.63, 3.8) is 0 Å². The maximum absolute atomic E-state index is 9.40. The Morgan fingerprint density at radius 3 is 2.40 bits per heavy atom. The van der Waals surface area contributed by atoms with Gasteiger partial charge in [0.1, 0.15) is 5.75 Å². The number of anilines is 1. The molecule has 0 aliphatic rings. The third kappa shape index (κ3) is 3.31. The van der Waals surface area contributed by atoms with E-state index in [1.54, 1.807) is 47.1 Å². The van der Waals surface area contributed by atoms with Gasteiger partial charge in [-0.1, -0.05) is 35.9 Å². The van der Waals surface area contributed by atoms with E-state index in [4.69, 9.17) is 16.7 Å². The first kappa shape index (κ1) is 18.1. The number of benzene rings is 3. The second-order valence-electron chi connectivity index (χ2n) is 6.62. The van der Waals surface area contributed by atoms with Crippen molar-refractivity contribution >= 4 is 40.1 Å². The lowest BCUT2D eigenvalue weighted by Gasteiger charge is -2.07. The maximum atomic E-state index is 9.40. The highest BCUT2D eigenvalue weighted by Crippen LogP contribution is 2.28. The molecule has 2 aromatic heterocycles. The van der Waals surface area contributed by atoms with Gasteiger partial charge in [0, 0.05) is 21.4 Å². The molecule has 0 saturated carbocycles. The second-order valence-corrected chi connectivity index (χ2v) is 7.06. The lowest BCUT2D eigenvalue weighted by atomic mass is 10.2. The number of halogens is 1. The average Bonchev–Trinajstić information content (AvgIpc) is 3.20. The van der Waals surface area contributed by atoms with E-state index in [1.807, 2.05) is 36.4 Å². The van der Waals surface area contributed by atoms with Crippen LogP contribution < -0.4 is 5.43 Å². The quantitative estimate of drug-likeness (QED) is 0.327. The van der Waals surface area contributed by atoms with Crippen molar-refractivity contribution < 1.29 is 5.11 Å². The largest absolute Gasteiger partial charge is 0.508 e. The summed E-state index contributed by atoms with van der Waals surface area (Å²) < 4.78 is 1.70. The van der Waals surface area contributed by atoms with E-state index in [-0.39, 0.29) is 5.75 Å². The monoisotopic (exact) mass is 414 g/mol. The van der Waals surface area contributed by atoms with Gasteiger partial charge in [0.2, 0.25) is 0 Å². The van der Waals surface area contributed by atoms with Crippen LogP contribution in [0, 0.1) is 0 Å². The SMILES string of the molecule is Oc1ccc(/C=N/Nc2nn3c(-c4ccc(Cl)cc4)nnc3c3ccccc23)cc1. The van der Waals surface area contributed by atoms with Crippen LogP contribution in [-0.2, 0) is 0 Å². The fraction of sp³-hybridized carbons (Fsp3) is 0. The molecule has 0 bridgehead atoms. The number of rotatable bonds is 4. The molecule has 30 heavy (non-hydrogen) atoms. The number of hydrogen-bond donors (Lipinski definition) is 2. The standard InChI is InChI=1S/C22H15ClN6O/c23-16-9-7-15(8-10-16)21-26-27-22-19-4-2-1-3-18(19)20(28-29(21)22)25-24-13-14-5-11-17(30)12-6-14/h1-13,30H,(H,25,28)/b24-13+. The number of nitrogens with one attached hydrogen (secondary N) is 1. The van der Waals surface area contributed by atoms with Gasteiger partial charge in [-0.2, -0.15) is 9.62 Å². The highest BCUT2D eigenvalue weighted by molar-refractivity contribution is 6.30. The number of nitrogens with zero attached hydrogens (tertiary/aromatic N) is 5. The molecule has 0 amide bonds. The Morgan fingerprint density at radius 2 is 1.63 bits per heavy atom. The minimum Gasteiger partial charge on any atom is -0.508 e. The van der Waals surface area contributed by atoms with Crippen LogP contribution in [0.15, 0.2) is 77.9 Å². The van der Waals surface area contributed by atoms with Crippen molar-refractivity contribution in [1.82, 2.24) is 19.8 Å². The van der Waals surface area contributed by atoms with E-state index >= 15 is 0 Å². The zero-order valence-electron chi connectivity index (χ0n) is 15.6. The van der Waals surface area contributed by atoms with E-state index in [0.29, 0.717) is 22.3 Å². The van der Waals surface area contributed by atoms with Gasteiger partial charge in [-0.15, -0.1) is 15.3 Å². The molecule has 5 aromatic rings. The average molecular weight is 415 g/mol. The molecule has 0 atom stereocenters. The fourth-order valence-electron chi connectivity index (χ4n) is 3.17. The smallest absolute Gasteiger partial charge is 0.186 e. The third-order valence-electron chi connectivity index (χ3n) is 4.64. The van der Waals surface area contributed by atoms with Crippen LogP contribution in [0.25, 0.3) is 27.8 Å². The van der Waals surface area contributed by atoms with Crippen molar-refractivity contribution in [3.8, 4) is 17.1 Å². The summed E-state index contributed by atoms with van der Waals surface area (Å²) in [5, 5.41) is 29.5. The normalized spacial score (nSPS) is 11.5. The van der Waals surface area contributed by atoms with Gasteiger partial charge in [-0.3, -0.25) is 5.43 Å². The molecule has 2 heterocycles. The Kier molecular flexibility index (Phi) is 4.49. The zero-order valence-corrected chi connectivity index (χ0v) is 16.3. The molecule has 0 aliphatic carbocycles. The molecule has 3 aromatic carbocycles. The number of hydrazone groups is 1. The molecular weight excluding hydrogens is 400 g/mol. The maximum Gasteiger partial charge on any atom is 0.186 e. The van der Waals surface area contributed by atoms with Crippen molar-refractivity contribution in [3.05, 3.63) is 83.4 Å². The molecule has 0 fully saturated rings. The van der Waals surface area contributed by atoms with Crippen molar-refractivity contribution in [2.45, 2.75) is 0 Å². The molecule has 146 valence electrons. The van der Waals surface area contributed by atoms with Crippen LogP contribution >= 0.6 is 11.6 Å². The van der Waals surface area contributed by atoms with Gasteiger partial charge in [0.15, 0.2) is 17.3 Å². The molecule has 0 spiro atoms. The third-order valence-corrected chi connectivity index (χ3v) is 4.90. The molecule has 5 rings (SSSR count). The van der Waals surface area contributed by atoms with Gasteiger partial charge in [-0.25, -0.2) is 0 Å². The number of hydrogen-bond acceptors (Lipinski definition) is 6. The second kappa shape index (κ2) is 7.46. The van der Waals surface area contributed by atoms with Crippen LogP contribution in [0.5, 0.6) is 5.75 Å². The van der Waals surface area contributed by atoms with E-state index in [9.17, 15) is 5.11 Å². The highest BCUT2D eigenvalue weighted by Gasteiger charge is 2.15. The molecule has 8 heteroatoms. The van der Waals surface area contributed by atoms with E-state index in [0.717, 1.165) is 21.9 Å². The minimum atomic E-state index is 0.209. The van der Waals surface area contributed by atoms with E-state index in [1.165, 1.54) is 0 Å². The summed E-state index contributed by atoms with van der Waals surface area (Å²) in [6.45, 7) is 0. The zero-order chi connectivity index (χ0) is 20.5. The summed E-state index contributed by atoms with van der Waals surface area (Å²) in [7, 11) is 0. The molecule has 2 N–H and O–H groups in total. The molecule has 0 radical (unpaired) electrons. The summed E-state index contributed by atoms with van der Waals surface area (Å²) in [4.78, 5) is 0. The van der Waals surface area contributed by atoms with Crippen LogP contribution in [-0.4, -0.2) is 31.1 Å². The van der Waals surface area contributed by atoms with Gasteiger partial charge in [-0.05, 0) is 54.1 Å². The van der Waals surface area contributed by atoms with Crippen LogP contribution in [0.1, 0.15) is 5.56 Å². The number of aromatic nitrogens is 4. The lowest BCUT2D eigenvalue weighted by molar-refractivity contribution is 0.475. The Balaban J connectivity index is 1.60. The topological polar surface area (TPSA) is 87.7 Å². The minimum absolute atomic E-state index is 0.209. The Labute approximate surface area is 176 Å². The number of phenols is 1. The molecule has 0 unspecified atom stereocenters. The molecule has 7 nitrogen and oxygen atoms in total. The predicted molar refractivity (Wildman–Crippen MR) is 118 cm³/mol. The summed E-state index contributed by atoms with van der Waals surface area (Å²) in [5.74, 6) is 1.39. The van der Waals surface area contributed by atoms with Crippen LogP contribution in [0.2, 0.25) is 5.02 Å². The highest BCUT2D eigenvalue weighted by atomic mass is 35.5. The molecule has 0 aliphatic heterocycles. The van der Waals surface area contributed by atoms with Crippen molar-refractivity contribution in [1.29, 1.82) is 0 Å². The fourth-order valence-corrected chi connectivity index (χ4v) is 3.30. The van der Waals surface area contributed by atoms with Crippen molar-refractivity contribution in [2.24, 2.45) is 5.10 Å². The first-order chi connectivity index (χ1) is 14.7. The van der Waals surface area contributed by atoms with E-state index in [2.05, 4.69) is 20.7 Å².